The monoisotopic (exact) mass is 283 g/mol. The van der Waals surface area contributed by atoms with E-state index >= 15 is 0 Å². The zero-order valence-electron chi connectivity index (χ0n) is 12.1. The number of methoxy groups -OCH3 is 2. The molecule has 0 saturated carbocycles. The van der Waals surface area contributed by atoms with E-state index in [2.05, 4.69) is 0 Å². The second kappa shape index (κ2) is 5.48. The number of hydrogen-bond acceptors (Lipinski definition) is 3. The van der Waals surface area contributed by atoms with Crippen molar-refractivity contribution in [3.8, 4) is 11.5 Å². The molecule has 108 valence electrons. The molecule has 2 aromatic carbocycles. The van der Waals surface area contributed by atoms with Gasteiger partial charge in [-0.15, -0.1) is 0 Å². The SMILES string of the molecule is COc1ccc(C2CC(=O)N2c2ccccc2)cc1OC. The van der Waals surface area contributed by atoms with E-state index in [4.69, 9.17) is 9.47 Å². The number of nitrogens with zero attached hydrogens (tertiary/aromatic N) is 1. The quantitative estimate of drug-likeness (QED) is 0.809. The Morgan fingerprint density at radius 2 is 1.71 bits per heavy atom. The molecule has 1 aliphatic heterocycles. The summed E-state index contributed by atoms with van der Waals surface area (Å²) in [6.45, 7) is 0. The van der Waals surface area contributed by atoms with Gasteiger partial charge in [0.2, 0.25) is 5.91 Å². The van der Waals surface area contributed by atoms with Crippen LogP contribution in [0.25, 0.3) is 0 Å². The second-order valence-electron chi connectivity index (χ2n) is 4.93. The lowest BCUT2D eigenvalue weighted by molar-refractivity contribution is -0.124. The zero-order valence-corrected chi connectivity index (χ0v) is 12.1. The molecule has 1 heterocycles. The Kier molecular flexibility index (Phi) is 3.52. The topological polar surface area (TPSA) is 38.8 Å². The number of β-lactam (4-membered cyclic amide) rings is 1. The lowest BCUT2D eigenvalue weighted by Crippen LogP contribution is -2.46. The standard InChI is InChI=1S/C17H17NO3/c1-20-15-9-8-12(10-16(15)21-2)14-11-17(19)18(14)13-6-4-3-5-7-13/h3-10,14H,11H2,1-2H3. The van der Waals surface area contributed by atoms with E-state index in [9.17, 15) is 4.79 Å². The van der Waals surface area contributed by atoms with E-state index in [1.165, 1.54) is 0 Å². The largest absolute Gasteiger partial charge is 0.493 e. The van der Waals surface area contributed by atoms with Crippen molar-refractivity contribution >= 4 is 11.6 Å². The number of rotatable bonds is 4. The van der Waals surface area contributed by atoms with Crippen LogP contribution in [0.5, 0.6) is 11.5 Å². The van der Waals surface area contributed by atoms with Crippen LogP contribution in [0.2, 0.25) is 0 Å². The van der Waals surface area contributed by atoms with Crippen molar-refractivity contribution < 1.29 is 14.3 Å². The fraction of sp³-hybridized carbons (Fsp3) is 0.235. The van der Waals surface area contributed by atoms with Crippen molar-refractivity contribution in [2.24, 2.45) is 0 Å². The van der Waals surface area contributed by atoms with Gasteiger partial charge in [-0.2, -0.15) is 0 Å². The van der Waals surface area contributed by atoms with Crippen molar-refractivity contribution in [3.05, 3.63) is 54.1 Å². The van der Waals surface area contributed by atoms with Gasteiger partial charge in [0.05, 0.1) is 26.7 Å². The molecule has 2 aromatic rings. The smallest absolute Gasteiger partial charge is 0.230 e. The maximum Gasteiger partial charge on any atom is 0.230 e. The maximum atomic E-state index is 12.0. The number of hydrogen-bond donors (Lipinski definition) is 0. The summed E-state index contributed by atoms with van der Waals surface area (Å²) in [5.41, 5.74) is 1.98. The van der Waals surface area contributed by atoms with Crippen LogP contribution in [-0.4, -0.2) is 20.1 Å². The molecule has 1 aliphatic rings. The summed E-state index contributed by atoms with van der Waals surface area (Å²) in [6.07, 6.45) is 0.518. The van der Waals surface area contributed by atoms with E-state index < -0.39 is 0 Å². The Morgan fingerprint density at radius 1 is 1.00 bits per heavy atom. The van der Waals surface area contributed by atoms with Gasteiger partial charge < -0.3 is 14.4 Å². The van der Waals surface area contributed by atoms with Crippen LogP contribution in [0.1, 0.15) is 18.0 Å². The van der Waals surface area contributed by atoms with Gasteiger partial charge in [-0.3, -0.25) is 4.79 Å². The number of carbonyl (C=O) groups excluding carboxylic acids is 1. The average Bonchev–Trinajstić information content (AvgIpc) is 2.52. The normalized spacial score (nSPS) is 17.3. The first-order valence-electron chi connectivity index (χ1n) is 6.83. The van der Waals surface area contributed by atoms with Gasteiger partial charge in [-0.25, -0.2) is 0 Å². The first-order valence-corrected chi connectivity index (χ1v) is 6.83. The van der Waals surface area contributed by atoms with E-state index in [0.29, 0.717) is 17.9 Å². The molecule has 0 bridgehead atoms. The summed E-state index contributed by atoms with van der Waals surface area (Å²) in [5.74, 6) is 1.52. The van der Waals surface area contributed by atoms with E-state index in [-0.39, 0.29) is 11.9 Å². The zero-order chi connectivity index (χ0) is 14.8. The second-order valence-corrected chi connectivity index (χ2v) is 4.93. The van der Waals surface area contributed by atoms with E-state index in [0.717, 1.165) is 11.3 Å². The molecule has 0 spiro atoms. The Morgan fingerprint density at radius 3 is 2.33 bits per heavy atom. The molecule has 1 atom stereocenters. The Labute approximate surface area is 123 Å². The van der Waals surface area contributed by atoms with Gasteiger partial charge in [-0.05, 0) is 29.8 Å². The number of carbonyl (C=O) groups is 1. The molecule has 1 unspecified atom stereocenters. The van der Waals surface area contributed by atoms with Crippen LogP contribution in [0, 0.1) is 0 Å². The van der Waals surface area contributed by atoms with E-state index in [1.54, 1.807) is 14.2 Å². The van der Waals surface area contributed by atoms with Crippen LogP contribution in [0.15, 0.2) is 48.5 Å². The summed E-state index contributed by atoms with van der Waals surface area (Å²) in [6, 6.07) is 15.6. The predicted molar refractivity (Wildman–Crippen MR) is 80.8 cm³/mol. The lowest BCUT2D eigenvalue weighted by atomic mass is 9.92. The minimum absolute atomic E-state index is 0.0553. The van der Waals surface area contributed by atoms with Crippen LogP contribution in [0.4, 0.5) is 5.69 Å². The predicted octanol–water partition coefficient (Wildman–Crippen LogP) is 3.18. The minimum atomic E-state index is 0.0553. The molecule has 4 nitrogen and oxygen atoms in total. The summed E-state index contributed by atoms with van der Waals surface area (Å²) < 4.78 is 10.6. The molecule has 0 aromatic heterocycles. The van der Waals surface area contributed by atoms with Crippen molar-refractivity contribution in [1.82, 2.24) is 0 Å². The van der Waals surface area contributed by atoms with Crippen LogP contribution in [-0.2, 0) is 4.79 Å². The van der Waals surface area contributed by atoms with Crippen molar-refractivity contribution in [1.29, 1.82) is 0 Å². The molecule has 1 amide bonds. The number of para-hydroxylation sites is 1. The van der Waals surface area contributed by atoms with Gasteiger partial charge in [0.15, 0.2) is 11.5 Å². The molecule has 0 radical (unpaired) electrons. The summed E-state index contributed by atoms with van der Waals surface area (Å²) in [4.78, 5) is 13.8. The highest BCUT2D eigenvalue weighted by Gasteiger charge is 2.38. The molecule has 0 aliphatic carbocycles. The highest BCUT2D eigenvalue weighted by Crippen LogP contribution is 2.41. The fourth-order valence-electron chi connectivity index (χ4n) is 2.66. The third-order valence-corrected chi connectivity index (χ3v) is 3.78. The summed E-state index contributed by atoms with van der Waals surface area (Å²) in [7, 11) is 3.23. The van der Waals surface area contributed by atoms with Crippen LogP contribution < -0.4 is 14.4 Å². The Balaban J connectivity index is 1.92. The molecule has 1 saturated heterocycles. The first-order chi connectivity index (χ1) is 10.2. The highest BCUT2D eigenvalue weighted by molar-refractivity contribution is 6.01. The highest BCUT2D eigenvalue weighted by atomic mass is 16.5. The Bertz CT molecular complexity index is 654. The lowest BCUT2D eigenvalue weighted by Gasteiger charge is -2.40. The number of amides is 1. The number of ether oxygens (including phenoxy) is 2. The number of anilines is 1. The summed E-state index contributed by atoms with van der Waals surface area (Å²) in [5, 5.41) is 0. The van der Waals surface area contributed by atoms with Gasteiger partial charge in [0.25, 0.3) is 0 Å². The van der Waals surface area contributed by atoms with Crippen molar-refractivity contribution in [2.75, 3.05) is 19.1 Å². The van der Waals surface area contributed by atoms with Gasteiger partial charge >= 0.3 is 0 Å². The maximum absolute atomic E-state index is 12.0. The molecule has 4 heteroatoms. The molecular weight excluding hydrogens is 266 g/mol. The van der Waals surface area contributed by atoms with Crippen molar-refractivity contribution in [2.45, 2.75) is 12.5 Å². The molecule has 21 heavy (non-hydrogen) atoms. The minimum Gasteiger partial charge on any atom is -0.493 e. The van der Waals surface area contributed by atoms with Gasteiger partial charge in [0, 0.05) is 5.69 Å². The Hall–Kier alpha value is -2.49. The summed E-state index contributed by atoms with van der Waals surface area (Å²) >= 11 is 0. The van der Waals surface area contributed by atoms with Crippen molar-refractivity contribution in [3.63, 3.8) is 0 Å². The van der Waals surface area contributed by atoms with Gasteiger partial charge in [0.1, 0.15) is 0 Å². The molecule has 0 N–H and O–H groups in total. The fourth-order valence-corrected chi connectivity index (χ4v) is 2.66. The number of benzene rings is 2. The van der Waals surface area contributed by atoms with Gasteiger partial charge in [-0.1, -0.05) is 24.3 Å². The third-order valence-electron chi connectivity index (χ3n) is 3.78. The first kappa shape index (κ1) is 13.5. The molecule has 3 rings (SSSR count). The molecular formula is C17H17NO3. The molecule has 1 fully saturated rings. The third kappa shape index (κ3) is 2.33. The van der Waals surface area contributed by atoms with Crippen LogP contribution >= 0.6 is 0 Å². The van der Waals surface area contributed by atoms with Crippen LogP contribution in [0.3, 0.4) is 0 Å². The van der Waals surface area contributed by atoms with E-state index in [1.807, 2.05) is 53.4 Å². The average molecular weight is 283 g/mol.